The lowest BCUT2D eigenvalue weighted by atomic mass is 10.1. The van der Waals surface area contributed by atoms with E-state index in [9.17, 15) is 4.79 Å². The number of likely N-dealkylation sites (tertiary alicyclic amines) is 1. The maximum atomic E-state index is 11.8. The first-order valence-electron chi connectivity index (χ1n) is 7.26. The summed E-state index contributed by atoms with van der Waals surface area (Å²) >= 11 is 0. The average Bonchev–Trinajstić information content (AvgIpc) is 3.05. The lowest BCUT2D eigenvalue weighted by molar-refractivity contribution is -0.130. The highest BCUT2D eigenvalue weighted by Crippen LogP contribution is 2.08. The van der Waals surface area contributed by atoms with Crippen LogP contribution in [0.25, 0.3) is 0 Å². The van der Waals surface area contributed by atoms with Crippen LogP contribution in [0, 0.1) is 0 Å². The van der Waals surface area contributed by atoms with E-state index in [0.29, 0.717) is 25.1 Å². The smallest absolute Gasteiger partial charge is 0.223 e. The van der Waals surface area contributed by atoms with Gasteiger partial charge in [0.25, 0.3) is 0 Å². The molecule has 1 aliphatic rings. The number of oxime groups is 1. The van der Waals surface area contributed by atoms with Gasteiger partial charge in [-0.05, 0) is 18.4 Å². The number of amides is 1. The fourth-order valence-corrected chi connectivity index (χ4v) is 2.40. The maximum Gasteiger partial charge on any atom is 0.223 e. The van der Waals surface area contributed by atoms with Gasteiger partial charge in [-0.1, -0.05) is 29.4 Å². The van der Waals surface area contributed by atoms with E-state index in [1.165, 1.54) is 0 Å². The van der Waals surface area contributed by atoms with Gasteiger partial charge in [0.2, 0.25) is 5.91 Å². The molecule has 2 rings (SSSR count). The van der Waals surface area contributed by atoms with E-state index in [2.05, 4.69) is 10.5 Å². The molecule has 1 aromatic carbocycles. The summed E-state index contributed by atoms with van der Waals surface area (Å²) < 4.78 is 0. The largest absolute Gasteiger partial charge is 0.409 e. The molecule has 1 aliphatic heterocycles. The molecule has 1 fully saturated rings. The number of hydrogen-bond donors (Lipinski definition) is 3. The van der Waals surface area contributed by atoms with Crippen molar-refractivity contribution in [3.63, 3.8) is 0 Å². The molecule has 1 saturated heterocycles. The molecule has 1 amide bonds. The van der Waals surface area contributed by atoms with Gasteiger partial charge >= 0.3 is 0 Å². The second kappa shape index (κ2) is 7.64. The number of hydrogen-bond acceptors (Lipinski definition) is 4. The Bertz CT molecular complexity index is 493. The monoisotopic (exact) mass is 290 g/mol. The zero-order valence-electron chi connectivity index (χ0n) is 12.1. The Morgan fingerprint density at radius 3 is 2.57 bits per heavy atom. The molecule has 6 nitrogen and oxygen atoms in total. The molecule has 0 radical (unpaired) electrons. The highest BCUT2D eigenvalue weighted by atomic mass is 16.4. The molecule has 0 bridgehead atoms. The Morgan fingerprint density at radius 2 is 1.95 bits per heavy atom. The molecule has 0 spiro atoms. The third-order valence-corrected chi connectivity index (χ3v) is 3.66. The Hall–Kier alpha value is -2.08. The van der Waals surface area contributed by atoms with Crippen molar-refractivity contribution < 1.29 is 10.0 Å². The van der Waals surface area contributed by atoms with Crippen LogP contribution in [0.5, 0.6) is 0 Å². The number of carbonyl (C=O) groups excluding carboxylic acids is 1. The van der Waals surface area contributed by atoms with Gasteiger partial charge < -0.3 is 21.2 Å². The van der Waals surface area contributed by atoms with Crippen LogP contribution < -0.4 is 11.1 Å². The summed E-state index contributed by atoms with van der Waals surface area (Å²) in [4.78, 5) is 13.8. The molecule has 1 aromatic rings. The van der Waals surface area contributed by atoms with Gasteiger partial charge in [-0.15, -0.1) is 0 Å². The van der Waals surface area contributed by atoms with Crippen molar-refractivity contribution in [3.8, 4) is 0 Å². The van der Waals surface area contributed by atoms with Crippen LogP contribution in [0.15, 0.2) is 29.4 Å². The first kappa shape index (κ1) is 15.3. The van der Waals surface area contributed by atoms with E-state index >= 15 is 0 Å². The lowest BCUT2D eigenvalue weighted by Crippen LogP contribution is -2.30. The van der Waals surface area contributed by atoms with E-state index in [1.54, 1.807) is 12.1 Å². The van der Waals surface area contributed by atoms with E-state index in [1.807, 2.05) is 17.0 Å². The van der Waals surface area contributed by atoms with E-state index in [-0.39, 0.29) is 11.7 Å². The molecule has 0 atom stereocenters. The summed E-state index contributed by atoms with van der Waals surface area (Å²) in [6.45, 7) is 3.20. The van der Waals surface area contributed by atoms with Crippen molar-refractivity contribution in [2.45, 2.75) is 25.8 Å². The Kier molecular flexibility index (Phi) is 5.57. The second-order valence-corrected chi connectivity index (χ2v) is 5.20. The number of amidine groups is 1. The molecular weight excluding hydrogens is 268 g/mol. The summed E-state index contributed by atoms with van der Waals surface area (Å²) in [7, 11) is 0. The number of nitrogens with two attached hydrogens (primary N) is 1. The lowest BCUT2D eigenvalue weighted by Gasteiger charge is -2.15. The van der Waals surface area contributed by atoms with Crippen molar-refractivity contribution in [1.82, 2.24) is 10.2 Å². The van der Waals surface area contributed by atoms with Crippen LogP contribution in [0.4, 0.5) is 0 Å². The third-order valence-electron chi connectivity index (χ3n) is 3.66. The second-order valence-electron chi connectivity index (χ2n) is 5.20. The summed E-state index contributed by atoms with van der Waals surface area (Å²) in [5, 5.41) is 14.8. The summed E-state index contributed by atoms with van der Waals surface area (Å²) in [6, 6.07) is 7.45. The van der Waals surface area contributed by atoms with E-state index in [4.69, 9.17) is 10.9 Å². The number of carbonyl (C=O) groups is 1. The summed E-state index contributed by atoms with van der Waals surface area (Å²) in [5.74, 6) is 0.341. The number of nitrogens with one attached hydrogen (secondary N) is 1. The predicted octanol–water partition coefficient (Wildman–Crippen LogP) is 0.883. The van der Waals surface area contributed by atoms with Gasteiger partial charge in [-0.2, -0.15) is 0 Å². The average molecular weight is 290 g/mol. The zero-order chi connectivity index (χ0) is 15.1. The van der Waals surface area contributed by atoms with Crippen LogP contribution in [0.3, 0.4) is 0 Å². The van der Waals surface area contributed by atoms with Crippen molar-refractivity contribution in [2.75, 3.05) is 19.6 Å². The third kappa shape index (κ3) is 4.46. The zero-order valence-corrected chi connectivity index (χ0v) is 12.1. The highest BCUT2D eigenvalue weighted by Gasteiger charge is 2.16. The van der Waals surface area contributed by atoms with Crippen molar-refractivity contribution in [1.29, 1.82) is 0 Å². The Labute approximate surface area is 124 Å². The molecule has 0 saturated carbocycles. The van der Waals surface area contributed by atoms with E-state index in [0.717, 1.165) is 31.5 Å². The predicted molar refractivity (Wildman–Crippen MR) is 81.1 cm³/mol. The Balaban J connectivity index is 1.69. The van der Waals surface area contributed by atoms with Crippen molar-refractivity contribution in [3.05, 3.63) is 35.4 Å². The van der Waals surface area contributed by atoms with Gasteiger partial charge in [0.1, 0.15) is 0 Å². The molecule has 0 aliphatic carbocycles. The molecule has 4 N–H and O–H groups in total. The van der Waals surface area contributed by atoms with Gasteiger partial charge in [0.15, 0.2) is 5.84 Å². The highest BCUT2D eigenvalue weighted by molar-refractivity contribution is 5.96. The van der Waals surface area contributed by atoms with Crippen LogP contribution >= 0.6 is 0 Å². The Morgan fingerprint density at radius 1 is 1.29 bits per heavy atom. The molecular formula is C15H22N4O2. The van der Waals surface area contributed by atoms with Crippen LogP contribution in [-0.2, 0) is 11.3 Å². The number of rotatable bonds is 6. The topological polar surface area (TPSA) is 91.0 Å². The number of benzene rings is 1. The van der Waals surface area contributed by atoms with Crippen LogP contribution in [0.2, 0.25) is 0 Å². The maximum absolute atomic E-state index is 11.8. The molecule has 6 heteroatoms. The fraction of sp³-hybridized carbons (Fsp3) is 0.467. The standard InChI is InChI=1S/C15H22N4O2/c16-15(18-21)13-5-3-12(4-6-13)11-17-8-7-14(20)19-9-1-2-10-19/h3-6,17,21H,1-2,7-11H2,(H2,16,18). The molecule has 21 heavy (non-hydrogen) atoms. The first-order chi connectivity index (χ1) is 10.2. The quantitative estimate of drug-likeness (QED) is 0.238. The van der Waals surface area contributed by atoms with Crippen molar-refractivity contribution >= 4 is 11.7 Å². The molecule has 1 heterocycles. The molecule has 0 unspecified atom stereocenters. The minimum absolute atomic E-state index is 0.103. The SMILES string of the molecule is N/C(=N/O)c1ccc(CNCCC(=O)N2CCCC2)cc1. The van der Waals surface area contributed by atoms with Gasteiger partial charge in [0, 0.05) is 38.2 Å². The number of nitrogens with zero attached hydrogens (tertiary/aromatic N) is 2. The van der Waals surface area contributed by atoms with Gasteiger partial charge in [0.05, 0.1) is 0 Å². The van der Waals surface area contributed by atoms with Crippen molar-refractivity contribution in [2.24, 2.45) is 10.9 Å². The first-order valence-corrected chi connectivity index (χ1v) is 7.26. The van der Waals surface area contributed by atoms with Crippen LogP contribution in [-0.4, -0.2) is 41.5 Å². The summed E-state index contributed by atoms with van der Waals surface area (Å²) in [5.41, 5.74) is 7.28. The van der Waals surface area contributed by atoms with Gasteiger partial charge in [-0.25, -0.2) is 0 Å². The van der Waals surface area contributed by atoms with Gasteiger partial charge in [-0.3, -0.25) is 4.79 Å². The minimum Gasteiger partial charge on any atom is -0.409 e. The van der Waals surface area contributed by atoms with E-state index < -0.39 is 0 Å². The fourth-order valence-electron chi connectivity index (χ4n) is 2.40. The molecule has 114 valence electrons. The van der Waals surface area contributed by atoms with Crippen LogP contribution in [0.1, 0.15) is 30.4 Å². The summed E-state index contributed by atoms with van der Waals surface area (Å²) in [6.07, 6.45) is 2.81. The molecule has 0 aromatic heterocycles. The normalized spacial score (nSPS) is 15.4. The minimum atomic E-state index is 0.103.